The summed E-state index contributed by atoms with van der Waals surface area (Å²) < 4.78 is 0. The van der Waals surface area contributed by atoms with Crippen molar-refractivity contribution in [2.75, 3.05) is 31.1 Å². The zero-order valence-electron chi connectivity index (χ0n) is 15.6. The molecule has 1 fully saturated rings. The Hall–Kier alpha value is -1.69. The number of nitrogens with one attached hydrogen (secondary N) is 1. The second-order valence-corrected chi connectivity index (χ2v) is 8.58. The number of hydrogen-bond acceptors (Lipinski definition) is 4. The molecule has 2 aromatic rings. The van der Waals surface area contributed by atoms with E-state index in [9.17, 15) is 4.79 Å². The first-order chi connectivity index (χ1) is 12.6. The van der Waals surface area contributed by atoms with Gasteiger partial charge < -0.3 is 10.2 Å². The summed E-state index contributed by atoms with van der Waals surface area (Å²) in [6.07, 6.45) is 2.09. The van der Waals surface area contributed by atoms with Crippen molar-refractivity contribution >= 4 is 22.9 Å². The van der Waals surface area contributed by atoms with Crippen LogP contribution in [0, 0.1) is 0 Å². The maximum absolute atomic E-state index is 12.0. The minimum absolute atomic E-state index is 0.139. The molecule has 0 saturated carbocycles. The smallest absolute Gasteiger partial charge is 0.224 e. The molecule has 1 amide bonds. The van der Waals surface area contributed by atoms with Gasteiger partial charge in [-0.1, -0.05) is 6.07 Å². The highest BCUT2D eigenvalue weighted by Crippen LogP contribution is 2.36. The number of amides is 1. The van der Waals surface area contributed by atoms with Crippen molar-refractivity contribution in [3.63, 3.8) is 0 Å². The van der Waals surface area contributed by atoms with Gasteiger partial charge in [0.25, 0.3) is 0 Å². The maximum atomic E-state index is 12.0. The quantitative estimate of drug-likeness (QED) is 0.899. The highest BCUT2D eigenvalue weighted by Gasteiger charge is 2.26. The number of nitrogens with zero attached hydrogens (tertiary/aromatic N) is 2. The number of hydrogen-bond donors (Lipinski definition) is 1. The minimum atomic E-state index is 0.139. The molecule has 1 atom stereocenters. The Labute approximate surface area is 159 Å². The van der Waals surface area contributed by atoms with Gasteiger partial charge in [0.1, 0.15) is 0 Å². The van der Waals surface area contributed by atoms with Crippen LogP contribution >= 0.6 is 11.3 Å². The summed E-state index contributed by atoms with van der Waals surface area (Å²) in [7, 11) is 0. The van der Waals surface area contributed by atoms with E-state index in [1.807, 2.05) is 16.2 Å². The largest absolute Gasteiger partial charge is 0.314 e. The van der Waals surface area contributed by atoms with Crippen LogP contribution < -0.4 is 10.2 Å². The van der Waals surface area contributed by atoms with Gasteiger partial charge in [-0.15, -0.1) is 11.3 Å². The molecule has 1 unspecified atom stereocenters. The number of aryl methyl sites for hydroxylation is 1. The molecular weight excluding hydrogens is 342 g/mol. The number of benzene rings is 1. The number of carbonyl (C=O) groups is 1. The molecule has 1 aromatic carbocycles. The monoisotopic (exact) mass is 369 g/mol. The molecule has 26 heavy (non-hydrogen) atoms. The first-order valence-corrected chi connectivity index (χ1v) is 10.4. The lowest BCUT2D eigenvalue weighted by atomic mass is 9.94. The van der Waals surface area contributed by atoms with Gasteiger partial charge in [0.05, 0.1) is 0 Å². The minimum Gasteiger partial charge on any atom is -0.314 e. The molecule has 1 saturated heterocycles. The number of rotatable bonds is 3. The van der Waals surface area contributed by atoms with Crippen LogP contribution in [0.4, 0.5) is 5.69 Å². The maximum Gasteiger partial charge on any atom is 0.224 e. The Morgan fingerprint density at radius 3 is 2.81 bits per heavy atom. The first-order valence-electron chi connectivity index (χ1n) is 9.56. The predicted molar refractivity (Wildman–Crippen MR) is 109 cm³/mol. The van der Waals surface area contributed by atoms with E-state index in [2.05, 4.69) is 47.5 Å². The summed E-state index contributed by atoms with van der Waals surface area (Å²) >= 11 is 1.90. The molecule has 0 aliphatic carbocycles. The van der Waals surface area contributed by atoms with E-state index in [-0.39, 0.29) is 5.91 Å². The molecule has 0 spiro atoms. The van der Waals surface area contributed by atoms with Crippen molar-refractivity contribution in [2.45, 2.75) is 39.3 Å². The summed E-state index contributed by atoms with van der Waals surface area (Å²) in [5.41, 5.74) is 3.67. The highest BCUT2D eigenvalue weighted by atomic mass is 32.1. The fourth-order valence-corrected chi connectivity index (χ4v) is 5.14. The third kappa shape index (κ3) is 3.56. The number of fused-ring (bicyclic) bond motifs is 1. The fourth-order valence-electron chi connectivity index (χ4n) is 4.09. The average Bonchev–Trinajstić information content (AvgIpc) is 3.10. The van der Waals surface area contributed by atoms with Crippen molar-refractivity contribution in [3.8, 4) is 10.4 Å². The Bertz CT molecular complexity index is 794. The molecule has 0 bridgehead atoms. The van der Waals surface area contributed by atoms with E-state index in [0.29, 0.717) is 6.04 Å². The van der Waals surface area contributed by atoms with Crippen LogP contribution in [0.25, 0.3) is 10.4 Å². The number of piperazine rings is 1. The van der Waals surface area contributed by atoms with Gasteiger partial charge in [0.15, 0.2) is 0 Å². The van der Waals surface area contributed by atoms with Crippen LogP contribution in [-0.2, 0) is 17.8 Å². The van der Waals surface area contributed by atoms with E-state index in [4.69, 9.17) is 0 Å². The first kappa shape index (κ1) is 17.7. The molecule has 1 N–H and O–H groups in total. The summed E-state index contributed by atoms with van der Waals surface area (Å²) in [5.74, 6) is 0.139. The van der Waals surface area contributed by atoms with E-state index in [0.717, 1.165) is 51.3 Å². The van der Waals surface area contributed by atoms with Gasteiger partial charge in [-0.2, -0.15) is 0 Å². The molecule has 0 radical (unpaired) electrons. The van der Waals surface area contributed by atoms with Crippen molar-refractivity contribution < 1.29 is 4.79 Å². The summed E-state index contributed by atoms with van der Waals surface area (Å²) in [6.45, 7) is 9.30. The fraction of sp³-hybridized carbons (Fsp3) is 0.476. The predicted octanol–water partition coefficient (Wildman–Crippen LogP) is 3.51. The molecule has 138 valence electrons. The van der Waals surface area contributed by atoms with Crippen LogP contribution in [0.3, 0.4) is 0 Å². The number of thiophene rings is 1. The van der Waals surface area contributed by atoms with Gasteiger partial charge in [0.2, 0.25) is 5.91 Å². The van der Waals surface area contributed by atoms with Gasteiger partial charge in [-0.25, -0.2) is 0 Å². The van der Waals surface area contributed by atoms with Gasteiger partial charge in [-0.3, -0.25) is 9.69 Å². The van der Waals surface area contributed by atoms with Crippen LogP contribution in [0.15, 0.2) is 30.3 Å². The van der Waals surface area contributed by atoms with Crippen molar-refractivity contribution in [1.82, 2.24) is 10.2 Å². The normalized spacial score (nSPS) is 20.8. The Balaban J connectivity index is 1.55. The van der Waals surface area contributed by atoms with Crippen molar-refractivity contribution in [2.24, 2.45) is 0 Å². The second kappa shape index (κ2) is 7.51. The topological polar surface area (TPSA) is 35.6 Å². The summed E-state index contributed by atoms with van der Waals surface area (Å²) in [4.78, 5) is 19.3. The molecule has 4 nitrogen and oxygen atoms in total. The lowest BCUT2D eigenvalue weighted by Gasteiger charge is -2.34. The third-order valence-corrected chi connectivity index (χ3v) is 6.60. The molecule has 3 heterocycles. The molecular formula is C21H27N3OS. The van der Waals surface area contributed by atoms with E-state index >= 15 is 0 Å². The Kier molecular flexibility index (Phi) is 5.11. The van der Waals surface area contributed by atoms with Crippen molar-refractivity contribution in [3.05, 3.63) is 40.8 Å². The van der Waals surface area contributed by atoms with Crippen LogP contribution in [0.2, 0.25) is 0 Å². The standard InChI is InChI=1S/C21H27N3OS/c1-15-3-4-17-13-18(5-7-20(17)24(15)16(2)25)21-8-6-19(26-21)14-23-11-9-22-10-12-23/h5-8,13,15,22H,3-4,9-12,14H2,1-2H3. The van der Waals surface area contributed by atoms with Crippen molar-refractivity contribution in [1.29, 1.82) is 0 Å². The summed E-state index contributed by atoms with van der Waals surface area (Å²) in [5, 5.41) is 3.41. The molecule has 1 aromatic heterocycles. The zero-order valence-corrected chi connectivity index (χ0v) is 16.4. The molecule has 5 heteroatoms. The molecule has 2 aliphatic rings. The van der Waals surface area contributed by atoms with Gasteiger partial charge in [-0.05, 0) is 55.2 Å². The molecule has 2 aliphatic heterocycles. The van der Waals surface area contributed by atoms with E-state index < -0.39 is 0 Å². The summed E-state index contributed by atoms with van der Waals surface area (Å²) in [6, 6.07) is 11.4. The van der Waals surface area contributed by atoms with E-state index in [1.54, 1.807) is 6.92 Å². The van der Waals surface area contributed by atoms with E-state index in [1.165, 1.54) is 20.9 Å². The van der Waals surface area contributed by atoms with Crippen LogP contribution in [-0.4, -0.2) is 43.0 Å². The lowest BCUT2D eigenvalue weighted by Crippen LogP contribution is -2.42. The third-order valence-electron chi connectivity index (χ3n) is 5.49. The Morgan fingerprint density at radius 2 is 2.04 bits per heavy atom. The SMILES string of the molecule is CC(=O)N1c2ccc(-c3ccc(CN4CCNCC4)s3)cc2CCC1C. The second-order valence-electron chi connectivity index (χ2n) is 7.41. The average molecular weight is 370 g/mol. The number of carbonyl (C=O) groups excluding carboxylic acids is 1. The van der Waals surface area contributed by atoms with Gasteiger partial charge >= 0.3 is 0 Å². The van der Waals surface area contributed by atoms with Crippen LogP contribution in [0.5, 0.6) is 0 Å². The van der Waals surface area contributed by atoms with Crippen LogP contribution in [0.1, 0.15) is 30.7 Å². The lowest BCUT2D eigenvalue weighted by molar-refractivity contribution is -0.117. The zero-order chi connectivity index (χ0) is 18.1. The number of anilines is 1. The van der Waals surface area contributed by atoms with Gasteiger partial charge in [0, 0.05) is 61.1 Å². The highest BCUT2D eigenvalue weighted by molar-refractivity contribution is 7.15. The Morgan fingerprint density at radius 1 is 1.23 bits per heavy atom. The molecule has 4 rings (SSSR count).